The van der Waals surface area contributed by atoms with Gasteiger partial charge in [0.1, 0.15) is 16.2 Å². The zero-order valence-corrected chi connectivity index (χ0v) is 19.3. The number of hydrogen-bond donors (Lipinski definition) is 0. The van der Waals surface area contributed by atoms with Crippen molar-refractivity contribution >= 4 is 27.2 Å². The van der Waals surface area contributed by atoms with Gasteiger partial charge in [-0.05, 0) is 74.0 Å². The number of hydrogen-bond acceptors (Lipinski definition) is 4. The Hall–Kier alpha value is -2.84. The Morgan fingerprint density at radius 3 is 2.00 bits per heavy atom. The van der Waals surface area contributed by atoms with Crippen molar-refractivity contribution in [1.82, 2.24) is 0 Å². The minimum Gasteiger partial charge on any atom is -0.457 e. The molecule has 3 aromatic carbocycles. The van der Waals surface area contributed by atoms with E-state index >= 15 is 0 Å². The number of ether oxygens (including phenoxy) is 1. The third kappa shape index (κ3) is 5.57. The van der Waals surface area contributed by atoms with Gasteiger partial charge in [-0.25, -0.2) is 8.42 Å². The van der Waals surface area contributed by atoms with E-state index in [1.807, 2.05) is 0 Å². The smallest absolute Gasteiger partial charge is 0.416 e. The molecule has 0 aliphatic rings. The minimum absolute atomic E-state index is 0.216. The molecule has 0 heterocycles. The fourth-order valence-corrected chi connectivity index (χ4v) is 4.62. The molecule has 0 radical (unpaired) electrons. The van der Waals surface area contributed by atoms with Crippen molar-refractivity contribution in [2.45, 2.75) is 36.1 Å². The van der Waals surface area contributed by atoms with Crippen LogP contribution in [0.3, 0.4) is 0 Å². The number of carbonyl (C=O) groups is 1. The van der Waals surface area contributed by atoms with Gasteiger partial charge in [-0.2, -0.15) is 13.2 Å². The standard InChI is InChI=1S/C24H20ClF3O4S/c1-23(2,33(30,31)21-5-3-4-17(15-21)24(26,27)28)22(29)14-16-6-10-19(11-7-16)32-20-12-8-18(25)9-13-20/h3-13,15H,14H2,1-2H3. The first-order valence-electron chi connectivity index (χ1n) is 9.78. The molecule has 0 N–H and O–H groups in total. The van der Waals surface area contributed by atoms with Crippen molar-refractivity contribution in [3.63, 3.8) is 0 Å². The van der Waals surface area contributed by atoms with E-state index in [0.717, 1.165) is 18.2 Å². The molecule has 0 spiro atoms. The molecule has 4 nitrogen and oxygen atoms in total. The van der Waals surface area contributed by atoms with Crippen LogP contribution < -0.4 is 4.74 Å². The molecule has 0 unspecified atom stereocenters. The van der Waals surface area contributed by atoms with E-state index in [1.165, 1.54) is 13.8 Å². The highest BCUT2D eigenvalue weighted by Crippen LogP contribution is 2.34. The molecule has 174 valence electrons. The molecule has 3 aromatic rings. The molecule has 0 saturated carbocycles. The predicted molar refractivity (Wildman–Crippen MR) is 119 cm³/mol. The Morgan fingerprint density at radius 2 is 1.45 bits per heavy atom. The summed E-state index contributed by atoms with van der Waals surface area (Å²) in [6.45, 7) is 2.39. The number of alkyl halides is 3. The second kappa shape index (κ2) is 9.19. The first kappa shape index (κ1) is 24.8. The lowest BCUT2D eigenvalue weighted by Crippen LogP contribution is -2.41. The molecule has 3 rings (SSSR count). The van der Waals surface area contributed by atoms with Crippen molar-refractivity contribution in [1.29, 1.82) is 0 Å². The molecule has 0 aromatic heterocycles. The maximum atomic E-state index is 13.0. The maximum Gasteiger partial charge on any atom is 0.416 e. The molecule has 0 atom stereocenters. The van der Waals surface area contributed by atoms with Gasteiger partial charge in [0, 0.05) is 11.4 Å². The second-order valence-corrected chi connectivity index (χ2v) is 10.8. The number of ketones is 1. The first-order chi connectivity index (χ1) is 15.3. The van der Waals surface area contributed by atoms with Gasteiger partial charge in [-0.15, -0.1) is 0 Å². The van der Waals surface area contributed by atoms with Crippen LogP contribution in [0.1, 0.15) is 25.0 Å². The van der Waals surface area contributed by atoms with Crippen LogP contribution in [0.25, 0.3) is 0 Å². The Kier molecular flexibility index (Phi) is 6.91. The maximum absolute atomic E-state index is 13.0. The van der Waals surface area contributed by atoms with Crippen molar-refractivity contribution in [3.05, 3.63) is 88.9 Å². The van der Waals surface area contributed by atoms with Crippen LogP contribution in [-0.4, -0.2) is 18.9 Å². The van der Waals surface area contributed by atoms with Crippen LogP contribution in [0.4, 0.5) is 13.2 Å². The average Bonchev–Trinajstić information content (AvgIpc) is 2.76. The largest absolute Gasteiger partial charge is 0.457 e. The number of Topliss-reactive ketones (excluding diaryl/α,β-unsaturated/α-hetero) is 1. The van der Waals surface area contributed by atoms with Crippen LogP contribution in [0.5, 0.6) is 11.5 Å². The van der Waals surface area contributed by atoms with Crippen LogP contribution in [0.2, 0.25) is 5.02 Å². The summed E-state index contributed by atoms with van der Waals surface area (Å²) >= 11 is 5.84. The number of rotatable bonds is 7. The SMILES string of the molecule is CC(C)(C(=O)Cc1ccc(Oc2ccc(Cl)cc2)cc1)S(=O)(=O)c1cccc(C(F)(F)F)c1. The van der Waals surface area contributed by atoms with E-state index in [-0.39, 0.29) is 6.42 Å². The molecule has 0 fully saturated rings. The predicted octanol–water partition coefficient (Wildman–Crippen LogP) is 6.52. The lowest BCUT2D eigenvalue weighted by atomic mass is 10.0. The lowest BCUT2D eigenvalue weighted by Gasteiger charge is -2.24. The van der Waals surface area contributed by atoms with Gasteiger partial charge in [-0.3, -0.25) is 4.79 Å². The third-order valence-corrected chi connectivity index (χ3v) is 7.85. The van der Waals surface area contributed by atoms with Gasteiger partial charge >= 0.3 is 6.18 Å². The summed E-state index contributed by atoms with van der Waals surface area (Å²) in [6, 6.07) is 16.6. The quantitative estimate of drug-likeness (QED) is 0.374. The van der Waals surface area contributed by atoms with E-state index in [2.05, 4.69) is 0 Å². The zero-order chi connectivity index (χ0) is 24.4. The average molecular weight is 497 g/mol. The molecule has 9 heteroatoms. The van der Waals surface area contributed by atoms with Crippen molar-refractivity contribution in [2.75, 3.05) is 0 Å². The highest BCUT2D eigenvalue weighted by Gasteiger charge is 2.43. The third-order valence-electron chi connectivity index (χ3n) is 5.15. The molecular weight excluding hydrogens is 477 g/mol. The molecule has 0 aliphatic carbocycles. The number of carbonyl (C=O) groups excluding carboxylic acids is 1. The Balaban J connectivity index is 1.76. The molecule has 0 aliphatic heterocycles. The van der Waals surface area contributed by atoms with Gasteiger partial charge in [0.2, 0.25) is 0 Å². The van der Waals surface area contributed by atoms with Crippen LogP contribution in [-0.2, 0) is 27.2 Å². The summed E-state index contributed by atoms with van der Waals surface area (Å²) in [4.78, 5) is 12.3. The summed E-state index contributed by atoms with van der Waals surface area (Å²) < 4.78 is 68.8. The molecule has 33 heavy (non-hydrogen) atoms. The van der Waals surface area contributed by atoms with E-state index in [4.69, 9.17) is 16.3 Å². The minimum atomic E-state index is -4.70. The van der Waals surface area contributed by atoms with Gasteiger partial charge in [-0.1, -0.05) is 29.8 Å². The number of sulfone groups is 1. The Morgan fingerprint density at radius 1 is 0.909 bits per heavy atom. The lowest BCUT2D eigenvalue weighted by molar-refractivity contribution is -0.137. The monoisotopic (exact) mass is 496 g/mol. The topological polar surface area (TPSA) is 60.4 Å². The highest BCUT2D eigenvalue weighted by atomic mass is 35.5. The van der Waals surface area contributed by atoms with Gasteiger partial charge in [0.15, 0.2) is 15.6 Å². The first-order valence-corrected chi connectivity index (χ1v) is 11.6. The second-order valence-electron chi connectivity index (χ2n) is 7.84. The van der Waals surface area contributed by atoms with E-state index in [9.17, 15) is 26.4 Å². The fourth-order valence-electron chi connectivity index (χ4n) is 3.00. The van der Waals surface area contributed by atoms with Crippen LogP contribution in [0.15, 0.2) is 77.7 Å². The summed E-state index contributed by atoms with van der Waals surface area (Å²) in [5.74, 6) is 0.423. The van der Waals surface area contributed by atoms with Gasteiger partial charge in [0.05, 0.1) is 10.5 Å². The van der Waals surface area contributed by atoms with Crippen molar-refractivity contribution in [3.8, 4) is 11.5 Å². The summed E-state index contributed by atoms with van der Waals surface area (Å²) in [5.41, 5.74) is -0.557. The molecule has 0 saturated heterocycles. The molecule has 0 bridgehead atoms. The van der Waals surface area contributed by atoms with Crippen LogP contribution in [0, 0.1) is 0 Å². The van der Waals surface area contributed by atoms with E-state index in [1.54, 1.807) is 48.5 Å². The summed E-state index contributed by atoms with van der Waals surface area (Å²) in [6.07, 6.45) is -4.91. The van der Waals surface area contributed by atoms with Crippen molar-refractivity contribution in [2.24, 2.45) is 0 Å². The Bertz CT molecular complexity index is 1250. The summed E-state index contributed by atoms with van der Waals surface area (Å²) in [7, 11) is -4.38. The van der Waals surface area contributed by atoms with E-state index < -0.39 is 37.0 Å². The van der Waals surface area contributed by atoms with Crippen LogP contribution >= 0.6 is 11.6 Å². The number of benzene rings is 3. The summed E-state index contributed by atoms with van der Waals surface area (Å²) in [5, 5.41) is 0.568. The fraction of sp³-hybridized carbons (Fsp3) is 0.208. The van der Waals surface area contributed by atoms with Crippen molar-refractivity contribution < 1.29 is 31.1 Å². The number of halogens is 4. The molecule has 0 amide bonds. The highest BCUT2D eigenvalue weighted by molar-refractivity contribution is 7.93. The normalized spacial score (nSPS) is 12.4. The van der Waals surface area contributed by atoms with Gasteiger partial charge in [0.25, 0.3) is 0 Å². The Labute approximate surface area is 194 Å². The van der Waals surface area contributed by atoms with Gasteiger partial charge < -0.3 is 4.74 Å². The molecular formula is C24H20ClF3O4S. The zero-order valence-electron chi connectivity index (χ0n) is 17.7. The van der Waals surface area contributed by atoms with E-state index in [0.29, 0.717) is 28.2 Å².